The summed E-state index contributed by atoms with van der Waals surface area (Å²) in [6.45, 7) is 3.93. The fourth-order valence-electron chi connectivity index (χ4n) is 5.18. The van der Waals surface area contributed by atoms with E-state index in [2.05, 4.69) is 13.5 Å². The molecular weight excluding hydrogens is 510 g/mol. The number of hydrogen-bond donors (Lipinski definition) is 2. The number of anilines is 1. The molecule has 5 rings (SSSR count). The van der Waals surface area contributed by atoms with Gasteiger partial charge >= 0.3 is 5.63 Å². The van der Waals surface area contributed by atoms with Crippen LogP contribution in [-0.2, 0) is 22.9 Å². The minimum atomic E-state index is -3.95. The molecule has 0 saturated carbocycles. The second-order valence-corrected chi connectivity index (χ2v) is 12.0. The second kappa shape index (κ2) is 10.3. The van der Waals surface area contributed by atoms with Crippen LogP contribution in [0.5, 0.6) is 5.75 Å². The Balaban J connectivity index is 1.54. The maximum atomic E-state index is 13.2. The van der Waals surface area contributed by atoms with Crippen LogP contribution < -0.4 is 10.3 Å². The molecule has 2 aromatic heterocycles. The van der Waals surface area contributed by atoms with E-state index in [-0.39, 0.29) is 22.1 Å². The highest BCUT2D eigenvalue weighted by molar-refractivity contribution is 7.93. The Labute approximate surface area is 219 Å². The lowest BCUT2D eigenvalue weighted by Crippen LogP contribution is -2.21. The smallest absolute Gasteiger partial charge is 0.343 e. The molecule has 8 nitrogen and oxygen atoms in total. The Morgan fingerprint density at radius 3 is 2.57 bits per heavy atom. The van der Waals surface area contributed by atoms with Crippen molar-refractivity contribution in [2.75, 3.05) is 4.72 Å². The number of aryl methyl sites for hydroxylation is 1. The van der Waals surface area contributed by atoms with Gasteiger partial charge in [-0.25, -0.2) is 13.2 Å². The summed E-state index contributed by atoms with van der Waals surface area (Å²) in [5.41, 5.74) is 2.30. The first kappa shape index (κ1) is 25.4. The maximum Gasteiger partial charge on any atom is 0.343 e. The van der Waals surface area contributed by atoms with Crippen LogP contribution in [0.1, 0.15) is 67.9 Å². The van der Waals surface area contributed by atoms with Crippen LogP contribution in [0, 0.1) is 5.92 Å². The Morgan fingerprint density at radius 1 is 1.03 bits per heavy atom. The zero-order valence-corrected chi connectivity index (χ0v) is 22.4. The van der Waals surface area contributed by atoms with Gasteiger partial charge in [0.05, 0.1) is 17.3 Å². The number of nitrogens with zero attached hydrogens (tertiary/aromatic N) is 2. The van der Waals surface area contributed by atoms with Crippen molar-refractivity contribution in [3.05, 3.63) is 75.3 Å². The minimum absolute atomic E-state index is 0.0144. The number of nitrogens with one attached hydrogen (secondary N) is 1. The molecule has 0 fully saturated rings. The van der Waals surface area contributed by atoms with Gasteiger partial charge in [0, 0.05) is 23.6 Å². The first-order valence-electron chi connectivity index (χ1n) is 12.5. The number of aromatic hydroxyl groups is 1. The van der Waals surface area contributed by atoms with Crippen molar-refractivity contribution in [2.24, 2.45) is 5.92 Å². The van der Waals surface area contributed by atoms with E-state index in [1.807, 2.05) is 19.9 Å². The summed E-state index contributed by atoms with van der Waals surface area (Å²) >= 11 is 0.957. The summed E-state index contributed by atoms with van der Waals surface area (Å²) in [6.07, 6.45) is 5.32. The van der Waals surface area contributed by atoms with Gasteiger partial charge in [0.1, 0.15) is 27.4 Å². The highest BCUT2D eigenvalue weighted by Gasteiger charge is 2.30. The van der Waals surface area contributed by atoms with Crippen LogP contribution in [0.2, 0.25) is 0 Å². The van der Waals surface area contributed by atoms with E-state index < -0.39 is 21.6 Å². The van der Waals surface area contributed by atoms with Gasteiger partial charge in [-0.3, -0.25) is 4.72 Å². The lowest BCUT2D eigenvalue weighted by atomic mass is 9.81. The highest BCUT2D eigenvalue weighted by atomic mass is 32.2. The molecule has 2 heterocycles. The lowest BCUT2D eigenvalue weighted by Gasteiger charge is -2.24. The van der Waals surface area contributed by atoms with Crippen molar-refractivity contribution in [1.29, 1.82) is 0 Å². The Hall–Kier alpha value is -3.24. The van der Waals surface area contributed by atoms with E-state index in [1.54, 1.807) is 30.3 Å². The minimum Gasteiger partial charge on any atom is -0.507 e. The van der Waals surface area contributed by atoms with Crippen LogP contribution in [-0.4, -0.2) is 22.3 Å². The molecule has 0 bridgehead atoms. The van der Waals surface area contributed by atoms with Crippen molar-refractivity contribution in [3.63, 3.8) is 0 Å². The third kappa shape index (κ3) is 5.00. The number of hydrogen-bond acceptors (Lipinski definition) is 8. The number of aromatic nitrogens is 2. The Bertz CT molecular complexity index is 1610. The molecule has 10 heteroatoms. The first-order chi connectivity index (χ1) is 17.8. The molecule has 0 amide bonds. The quantitative estimate of drug-likeness (QED) is 0.327. The van der Waals surface area contributed by atoms with Crippen LogP contribution in [0.4, 0.5) is 5.69 Å². The standard InChI is InChI=1S/C27H29N3O5S2/c1-16(2)23(24-26(31)19-11-5-3-4-6-13-21(19)35-27(24)32)17-9-7-10-18(15-17)30-37(33,34)22-14-8-12-20-25(22)29-36-28-20/h7-10,12,14-16,23,30-31H,3-6,11,13H2,1-2H3. The predicted molar refractivity (Wildman–Crippen MR) is 144 cm³/mol. The summed E-state index contributed by atoms with van der Waals surface area (Å²) in [7, 11) is -3.95. The average molecular weight is 540 g/mol. The number of fused-ring (bicyclic) bond motifs is 2. The number of rotatable bonds is 6. The molecule has 1 aliphatic carbocycles. The molecular formula is C27H29N3O5S2. The monoisotopic (exact) mass is 539 g/mol. The molecule has 0 radical (unpaired) electrons. The second-order valence-electron chi connectivity index (χ2n) is 9.81. The van der Waals surface area contributed by atoms with Gasteiger partial charge in [-0.2, -0.15) is 8.75 Å². The maximum absolute atomic E-state index is 13.2. The average Bonchev–Trinajstić information content (AvgIpc) is 3.31. The molecule has 1 unspecified atom stereocenters. The van der Waals surface area contributed by atoms with Gasteiger partial charge in [-0.1, -0.05) is 44.9 Å². The van der Waals surface area contributed by atoms with E-state index >= 15 is 0 Å². The van der Waals surface area contributed by atoms with Crippen LogP contribution in [0.25, 0.3) is 11.0 Å². The molecule has 1 atom stereocenters. The van der Waals surface area contributed by atoms with E-state index in [9.17, 15) is 18.3 Å². The molecule has 1 aliphatic rings. The molecule has 0 aliphatic heterocycles. The molecule has 0 saturated heterocycles. The molecule has 2 N–H and O–H groups in total. The van der Waals surface area contributed by atoms with Crippen molar-refractivity contribution in [1.82, 2.24) is 8.75 Å². The summed E-state index contributed by atoms with van der Waals surface area (Å²) in [4.78, 5) is 13.2. The topological polar surface area (TPSA) is 122 Å². The summed E-state index contributed by atoms with van der Waals surface area (Å²) in [5, 5.41) is 11.3. The molecule has 4 aromatic rings. The van der Waals surface area contributed by atoms with Crippen molar-refractivity contribution < 1.29 is 17.9 Å². The SMILES string of the molecule is CC(C)C(c1cccc(NS(=O)(=O)c2cccc3nsnc23)c1)c1c(O)c2c(oc1=O)CCCCCC2. The normalized spacial score (nSPS) is 15.2. The molecule has 37 heavy (non-hydrogen) atoms. The van der Waals surface area contributed by atoms with E-state index in [0.29, 0.717) is 40.9 Å². The summed E-state index contributed by atoms with van der Waals surface area (Å²) in [5.74, 6) is 0.0472. The van der Waals surface area contributed by atoms with Crippen LogP contribution >= 0.6 is 11.7 Å². The zero-order chi connectivity index (χ0) is 26.2. The third-order valence-electron chi connectivity index (χ3n) is 6.91. The number of benzene rings is 2. The van der Waals surface area contributed by atoms with Gasteiger partial charge in [0.25, 0.3) is 10.0 Å². The predicted octanol–water partition coefficient (Wildman–Crippen LogP) is 5.60. The fraction of sp³-hybridized carbons (Fsp3) is 0.370. The molecule has 2 aromatic carbocycles. The van der Waals surface area contributed by atoms with Gasteiger partial charge in [-0.15, -0.1) is 0 Å². The van der Waals surface area contributed by atoms with E-state index in [1.165, 1.54) is 6.07 Å². The summed E-state index contributed by atoms with van der Waals surface area (Å²) in [6, 6.07) is 11.8. The van der Waals surface area contributed by atoms with Crippen LogP contribution in [0.15, 0.2) is 56.6 Å². The van der Waals surface area contributed by atoms with E-state index in [4.69, 9.17) is 4.42 Å². The largest absolute Gasteiger partial charge is 0.507 e. The highest BCUT2D eigenvalue weighted by Crippen LogP contribution is 2.39. The van der Waals surface area contributed by atoms with Crippen molar-refractivity contribution >= 4 is 38.5 Å². The zero-order valence-electron chi connectivity index (χ0n) is 20.7. The van der Waals surface area contributed by atoms with Crippen LogP contribution in [0.3, 0.4) is 0 Å². The summed E-state index contributed by atoms with van der Waals surface area (Å²) < 4.78 is 43.2. The van der Waals surface area contributed by atoms with Gasteiger partial charge in [0.2, 0.25) is 0 Å². The van der Waals surface area contributed by atoms with E-state index in [0.717, 1.165) is 43.0 Å². The van der Waals surface area contributed by atoms with Crippen molar-refractivity contribution in [2.45, 2.75) is 63.2 Å². The lowest BCUT2D eigenvalue weighted by molar-refractivity contribution is 0.376. The Morgan fingerprint density at radius 2 is 1.78 bits per heavy atom. The third-order valence-corrected chi connectivity index (χ3v) is 8.86. The fourth-order valence-corrected chi connectivity index (χ4v) is 7.00. The Kier molecular flexibility index (Phi) is 7.04. The molecule has 194 valence electrons. The van der Waals surface area contributed by atoms with Gasteiger partial charge < -0.3 is 9.52 Å². The number of sulfonamides is 1. The molecule has 0 spiro atoms. The van der Waals surface area contributed by atoms with Crippen molar-refractivity contribution in [3.8, 4) is 5.75 Å². The van der Waals surface area contributed by atoms with Gasteiger partial charge in [0.15, 0.2) is 0 Å². The first-order valence-corrected chi connectivity index (χ1v) is 14.7. The van der Waals surface area contributed by atoms with Gasteiger partial charge in [-0.05, 0) is 55.0 Å².